The minimum absolute atomic E-state index is 0.343. The summed E-state index contributed by atoms with van der Waals surface area (Å²) in [4.78, 5) is 0. The summed E-state index contributed by atoms with van der Waals surface area (Å²) in [5.74, 6) is 0. The Hall–Kier alpha value is -1.00. The van der Waals surface area contributed by atoms with Gasteiger partial charge in [-0.25, -0.2) is 8.78 Å². The van der Waals surface area contributed by atoms with Crippen LogP contribution >= 0.6 is 0 Å². The van der Waals surface area contributed by atoms with E-state index >= 15 is 0 Å². The van der Waals surface area contributed by atoms with Gasteiger partial charge in [-0.15, -0.1) is 0 Å². The zero-order valence-electron chi connectivity index (χ0n) is 9.87. The SMILES string of the molecule is FC(F)COCCNCCCc1ccccc1. The number of hydrogen-bond acceptors (Lipinski definition) is 2. The van der Waals surface area contributed by atoms with E-state index in [-0.39, 0.29) is 0 Å². The van der Waals surface area contributed by atoms with E-state index in [1.807, 2.05) is 18.2 Å². The Bertz CT molecular complexity index is 280. The molecule has 0 radical (unpaired) electrons. The van der Waals surface area contributed by atoms with Crippen molar-refractivity contribution in [1.29, 1.82) is 0 Å². The number of benzene rings is 1. The van der Waals surface area contributed by atoms with Crippen LogP contribution in [0.1, 0.15) is 12.0 Å². The van der Waals surface area contributed by atoms with Crippen molar-refractivity contribution in [1.82, 2.24) is 5.32 Å². The van der Waals surface area contributed by atoms with Gasteiger partial charge >= 0.3 is 0 Å². The van der Waals surface area contributed by atoms with E-state index in [1.54, 1.807) is 0 Å². The molecule has 0 atom stereocenters. The van der Waals surface area contributed by atoms with E-state index in [0.29, 0.717) is 13.2 Å². The number of halogens is 2. The first-order valence-electron chi connectivity index (χ1n) is 5.89. The lowest BCUT2D eigenvalue weighted by molar-refractivity contribution is 0.0188. The smallest absolute Gasteiger partial charge is 0.261 e. The van der Waals surface area contributed by atoms with Crippen LogP contribution < -0.4 is 5.32 Å². The summed E-state index contributed by atoms with van der Waals surface area (Å²) in [7, 11) is 0. The zero-order chi connectivity index (χ0) is 12.3. The third-order valence-electron chi connectivity index (χ3n) is 2.33. The second kappa shape index (κ2) is 9.07. The molecule has 0 aliphatic heterocycles. The summed E-state index contributed by atoms with van der Waals surface area (Å²) in [6.45, 7) is 1.38. The molecule has 96 valence electrons. The lowest BCUT2D eigenvalue weighted by Crippen LogP contribution is -2.22. The molecule has 0 unspecified atom stereocenters. The highest BCUT2D eigenvalue weighted by molar-refractivity contribution is 5.14. The number of alkyl halides is 2. The molecule has 0 heterocycles. The van der Waals surface area contributed by atoms with E-state index in [9.17, 15) is 8.78 Å². The summed E-state index contributed by atoms with van der Waals surface area (Å²) in [6.07, 6.45) is -0.294. The Morgan fingerprint density at radius 3 is 2.59 bits per heavy atom. The van der Waals surface area contributed by atoms with Crippen molar-refractivity contribution in [2.24, 2.45) is 0 Å². The third-order valence-corrected chi connectivity index (χ3v) is 2.33. The number of hydrogen-bond donors (Lipinski definition) is 1. The molecule has 17 heavy (non-hydrogen) atoms. The van der Waals surface area contributed by atoms with Gasteiger partial charge in [-0.1, -0.05) is 30.3 Å². The van der Waals surface area contributed by atoms with Gasteiger partial charge < -0.3 is 10.1 Å². The average Bonchev–Trinajstić information content (AvgIpc) is 2.33. The van der Waals surface area contributed by atoms with Crippen LogP contribution in [0.3, 0.4) is 0 Å². The lowest BCUT2D eigenvalue weighted by atomic mass is 10.1. The summed E-state index contributed by atoms with van der Waals surface area (Å²) in [6, 6.07) is 10.3. The van der Waals surface area contributed by atoms with Gasteiger partial charge in [0.05, 0.1) is 6.61 Å². The van der Waals surface area contributed by atoms with Gasteiger partial charge in [0.1, 0.15) is 6.61 Å². The van der Waals surface area contributed by atoms with Crippen molar-refractivity contribution in [3.63, 3.8) is 0 Å². The fraction of sp³-hybridized carbons (Fsp3) is 0.538. The van der Waals surface area contributed by atoms with Crippen LogP contribution in [0.4, 0.5) is 8.78 Å². The van der Waals surface area contributed by atoms with Crippen molar-refractivity contribution in [3.8, 4) is 0 Å². The number of nitrogens with one attached hydrogen (secondary N) is 1. The number of rotatable bonds is 9. The van der Waals surface area contributed by atoms with E-state index in [1.165, 1.54) is 5.56 Å². The van der Waals surface area contributed by atoms with Gasteiger partial charge in [0.25, 0.3) is 6.43 Å². The normalized spacial score (nSPS) is 11.0. The van der Waals surface area contributed by atoms with Gasteiger partial charge in [0.2, 0.25) is 0 Å². The van der Waals surface area contributed by atoms with Crippen LogP contribution in [0, 0.1) is 0 Å². The Morgan fingerprint density at radius 1 is 1.12 bits per heavy atom. The monoisotopic (exact) mass is 243 g/mol. The molecule has 0 fully saturated rings. The van der Waals surface area contributed by atoms with Gasteiger partial charge in [-0.2, -0.15) is 0 Å². The number of ether oxygens (including phenoxy) is 1. The molecule has 0 bridgehead atoms. The molecular weight excluding hydrogens is 224 g/mol. The molecule has 1 rings (SSSR count). The average molecular weight is 243 g/mol. The van der Waals surface area contributed by atoms with Gasteiger partial charge in [0, 0.05) is 6.54 Å². The highest BCUT2D eigenvalue weighted by Gasteiger charge is 2.00. The maximum atomic E-state index is 11.7. The van der Waals surface area contributed by atoms with E-state index < -0.39 is 13.0 Å². The minimum atomic E-state index is -2.37. The molecule has 2 nitrogen and oxygen atoms in total. The van der Waals surface area contributed by atoms with Crippen LogP contribution in [0.5, 0.6) is 0 Å². The predicted molar refractivity (Wildman–Crippen MR) is 64.5 cm³/mol. The molecule has 4 heteroatoms. The van der Waals surface area contributed by atoms with Crippen LogP contribution in [-0.2, 0) is 11.2 Å². The van der Waals surface area contributed by atoms with E-state index in [2.05, 4.69) is 17.4 Å². The fourth-order valence-electron chi connectivity index (χ4n) is 1.50. The topological polar surface area (TPSA) is 21.3 Å². The molecule has 0 amide bonds. The first-order chi connectivity index (χ1) is 8.29. The van der Waals surface area contributed by atoms with Crippen molar-refractivity contribution >= 4 is 0 Å². The summed E-state index contributed by atoms with van der Waals surface area (Å²) < 4.78 is 28.2. The van der Waals surface area contributed by atoms with Crippen molar-refractivity contribution in [3.05, 3.63) is 35.9 Å². The molecule has 1 N–H and O–H groups in total. The largest absolute Gasteiger partial charge is 0.374 e. The predicted octanol–water partition coefficient (Wildman–Crippen LogP) is 2.49. The first-order valence-corrected chi connectivity index (χ1v) is 5.89. The molecular formula is C13H19F2NO. The van der Waals surface area contributed by atoms with Crippen LogP contribution in [0.15, 0.2) is 30.3 Å². The standard InChI is InChI=1S/C13H19F2NO/c14-13(15)11-17-10-9-16-8-4-7-12-5-2-1-3-6-12/h1-3,5-6,13,16H,4,7-11H2. The maximum absolute atomic E-state index is 11.7. The first kappa shape index (κ1) is 14.1. The second-order valence-corrected chi connectivity index (χ2v) is 3.81. The van der Waals surface area contributed by atoms with E-state index in [0.717, 1.165) is 19.4 Å². The quantitative estimate of drug-likeness (QED) is 0.673. The summed E-state index contributed by atoms with van der Waals surface area (Å²) in [5, 5.41) is 3.16. The Morgan fingerprint density at radius 2 is 1.88 bits per heavy atom. The Kier molecular flexibility index (Phi) is 7.51. The van der Waals surface area contributed by atoms with Crippen LogP contribution in [-0.4, -0.2) is 32.7 Å². The van der Waals surface area contributed by atoms with E-state index in [4.69, 9.17) is 4.74 Å². The highest BCUT2D eigenvalue weighted by atomic mass is 19.3. The van der Waals surface area contributed by atoms with Crippen LogP contribution in [0.2, 0.25) is 0 Å². The van der Waals surface area contributed by atoms with Gasteiger partial charge in [-0.05, 0) is 24.9 Å². The summed E-state index contributed by atoms with van der Waals surface area (Å²) in [5.41, 5.74) is 1.32. The molecule has 0 spiro atoms. The minimum Gasteiger partial charge on any atom is -0.374 e. The third kappa shape index (κ3) is 7.82. The van der Waals surface area contributed by atoms with Crippen molar-refractivity contribution in [2.75, 3.05) is 26.3 Å². The molecule has 0 saturated heterocycles. The lowest BCUT2D eigenvalue weighted by Gasteiger charge is -2.05. The molecule has 1 aromatic carbocycles. The summed E-state index contributed by atoms with van der Waals surface area (Å²) >= 11 is 0. The van der Waals surface area contributed by atoms with Crippen molar-refractivity contribution < 1.29 is 13.5 Å². The molecule has 1 aromatic rings. The molecule has 0 aliphatic rings. The van der Waals surface area contributed by atoms with Gasteiger partial charge in [0.15, 0.2) is 0 Å². The second-order valence-electron chi connectivity index (χ2n) is 3.81. The highest BCUT2D eigenvalue weighted by Crippen LogP contribution is 2.01. The Labute approximate surface area is 101 Å². The maximum Gasteiger partial charge on any atom is 0.261 e. The van der Waals surface area contributed by atoms with Crippen molar-refractivity contribution in [2.45, 2.75) is 19.3 Å². The number of aryl methyl sites for hydroxylation is 1. The Balaban J connectivity index is 1.88. The van der Waals surface area contributed by atoms with Crippen LogP contribution in [0.25, 0.3) is 0 Å². The molecule has 0 aromatic heterocycles. The molecule has 0 saturated carbocycles. The fourth-order valence-corrected chi connectivity index (χ4v) is 1.50. The van der Waals surface area contributed by atoms with Gasteiger partial charge in [-0.3, -0.25) is 0 Å². The molecule has 0 aliphatic carbocycles. The zero-order valence-corrected chi connectivity index (χ0v) is 9.87.